The first-order valence-corrected chi connectivity index (χ1v) is 12.0. The van der Waals surface area contributed by atoms with Crippen LogP contribution in [0.15, 0.2) is 90.1 Å². The Morgan fingerprint density at radius 3 is 2.30 bits per heavy atom. The first kappa shape index (κ1) is 21.2. The van der Waals surface area contributed by atoms with Crippen LogP contribution in [-0.4, -0.2) is 26.4 Å². The van der Waals surface area contributed by atoms with Gasteiger partial charge in [0.05, 0.1) is 5.75 Å². The van der Waals surface area contributed by atoms with Crippen molar-refractivity contribution in [2.75, 3.05) is 11.1 Å². The average molecular weight is 453 g/mol. The normalized spacial score (nSPS) is 11.2. The predicted octanol–water partition coefficient (Wildman–Crippen LogP) is 5.93. The Hall–Kier alpha value is -3.64. The van der Waals surface area contributed by atoms with Crippen molar-refractivity contribution >= 4 is 44.9 Å². The lowest BCUT2D eigenvalue weighted by molar-refractivity contribution is -0.113. The average Bonchev–Trinajstić information content (AvgIpc) is 3.24. The topological polar surface area (TPSA) is 59.8 Å². The molecule has 1 aromatic heterocycles. The molecule has 4 aromatic carbocycles. The third-order valence-corrected chi connectivity index (χ3v) is 6.70. The van der Waals surface area contributed by atoms with Gasteiger partial charge in [0.1, 0.15) is 5.82 Å². The molecule has 0 aliphatic heterocycles. The van der Waals surface area contributed by atoms with Crippen LogP contribution in [0.4, 0.5) is 5.69 Å². The molecular formula is C27H24N4OS. The summed E-state index contributed by atoms with van der Waals surface area (Å²) in [5.74, 6) is 1.12. The lowest BCUT2D eigenvalue weighted by atomic mass is 10.0. The molecule has 0 radical (unpaired) electrons. The molecule has 0 saturated carbocycles. The fraction of sp³-hybridized carbons (Fsp3) is 0.148. The third-order valence-electron chi connectivity index (χ3n) is 5.73. The second-order valence-electron chi connectivity index (χ2n) is 7.82. The van der Waals surface area contributed by atoms with Crippen molar-refractivity contribution in [2.45, 2.75) is 25.0 Å². The quantitative estimate of drug-likeness (QED) is 0.311. The van der Waals surface area contributed by atoms with Gasteiger partial charge in [-0.05, 0) is 34.7 Å². The number of anilines is 1. The number of amides is 1. The van der Waals surface area contributed by atoms with Crippen LogP contribution in [0.1, 0.15) is 18.3 Å². The molecule has 5 nitrogen and oxygen atoms in total. The van der Waals surface area contributed by atoms with Crippen molar-refractivity contribution in [1.29, 1.82) is 0 Å². The van der Waals surface area contributed by atoms with Crippen molar-refractivity contribution in [3.8, 4) is 0 Å². The van der Waals surface area contributed by atoms with Crippen LogP contribution in [0.5, 0.6) is 0 Å². The molecule has 6 heteroatoms. The summed E-state index contributed by atoms with van der Waals surface area (Å²) in [6.07, 6.45) is 0.699. The molecule has 5 aromatic rings. The zero-order chi connectivity index (χ0) is 22.6. The predicted molar refractivity (Wildman–Crippen MR) is 136 cm³/mol. The number of thioether (sulfide) groups is 1. The number of carbonyl (C=O) groups excluding carboxylic acids is 1. The molecule has 1 amide bonds. The molecule has 0 atom stereocenters. The Kier molecular flexibility index (Phi) is 6.09. The van der Waals surface area contributed by atoms with Gasteiger partial charge in [0.2, 0.25) is 5.91 Å². The maximum absolute atomic E-state index is 12.7. The van der Waals surface area contributed by atoms with E-state index >= 15 is 0 Å². The minimum Gasteiger partial charge on any atom is -0.325 e. The smallest absolute Gasteiger partial charge is 0.234 e. The fourth-order valence-electron chi connectivity index (χ4n) is 4.14. The number of nitrogens with one attached hydrogen (secondary N) is 1. The molecule has 1 heterocycles. The molecular weight excluding hydrogens is 428 g/mol. The summed E-state index contributed by atoms with van der Waals surface area (Å²) in [6, 6.07) is 28.7. The fourth-order valence-corrected chi connectivity index (χ4v) is 4.96. The molecule has 0 aliphatic carbocycles. The Bertz CT molecular complexity index is 1430. The number of nitrogens with zero attached hydrogens (tertiary/aromatic N) is 3. The molecule has 1 N–H and O–H groups in total. The maximum atomic E-state index is 12.7. The lowest BCUT2D eigenvalue weighted by Gasteiger charge is -2.10. The summed E-state index contributed by atoms with van der Waals surface area (Å²) < 4.78 is 2.09. The maximum Gasteiger partial charge on any atom is 0.234 e. The van der Waals surface area contributed by atoms with Crippen LogP contribution in [0.25, 0.3) is 21.5 Å². The van der Waals surface area contributed by atoms with Gasteiger partial charge in [-0.1, -0.05) is 90.6 Å². The zero-order valence-corrected chi connectivity index (χ0v) is 19.2. The van der Waals surface area contributed by atoms with Crippen molar-refractivity contribution in [1.82, 2.24) is 14.8 Å². The van der Waals surface area contributed by atoms with E-state index in [2.05, 4.69) is 69.5 Å². The number of aromatic nitrogens is 3. The van der Waals surface area contributed by atoms with Gasteiger partial charge in [-0.15, -0.1) is 10.2 Å². The summed E-state index contributed by atoms with van der Waals surface area (Å²) in [5.41, 5.74) is 2.05. The van der Waals surface area contributed by atoms with Crippen molar-refractivity contribution in [3.05, 3.63) is 96.3 Å². The van der Waals surface area contributed by atoms with E-state index in [1.165, 1.54) is 28.1 Å². The van der Waals surface area contributed by atoms with E-state index in [0.717, 1.165) is 34.0 Å². The van der Waals surface area contributed by atoms with E-state index in [-0.39, 0.29) is 11.7 Å². The highest BCUT2D eigenvalue weighted by Crippen LogP contribution is 2.25. The van der Waals surface area contributed by atoms with Crippen LogP contribution in [0, 0.1) is 0 Å². The van der Waals surface area contributed by atoms with Crippen LogP contribution < -0.4 is 5.32 Å². The van der Waals surface area contributed by atoms with E-state index in [0.29, 0.717) is 6.42 Å². The van der Waals surface area contributed by atoms with Gasteiger partial charge in [-0.25, -0.2) is 0 Å². The van der Waals surface area contributed by atoms with Crippen molar-refractivity contribution in [2.24, 2.45) is 0 Å². The van der Waals surface area contributed by atoms with Gasteiger partial charge in [0.25, 0.3) is 0 Å². The van der Waals surface area contributed by atoms with Crippen LogP contribution in [0.3, 0.4) is 0 Å². The Morgan fingerprint density at radius 1 is 0.848 bits per heavy atom. The highest BCUT2D eigenvalue weighted by atomic mass is 32.2. The Balaban J connectivity index is 1.30. The van der Waals surface area contributed by atoms with Crippen molar-refractivity contribution in [3.63, 3.8) is 0 Å². The Labute approximate surface area is 196 Å². The summed E-state index contributed by atoms with van der Waals surface area (Å²) in [6.45, 7) is 2.83. The summed E-state index contributed by atoms with van der Waals surface area (Å²) in [7, 11) is 0. The summed E-state index contributed by atoms with van der Waals surface area (Å²) in [5, 5.41) is 17.2. The molecule has 0 bridgehead atoms. The summed E-state index contributed by atoms with van der Waals surface area (Å²) >= 11 is 1.42. The first-order chi connectivity index (χ1) is 16.2. The van der Waals surface area contributed by atoms with E-state index in [4.69, 9.17) is 0 Å². The van der Waals surface area contributed by atoms with E-state index in [1.807, 2.05) is 42.5 Å². The number of fused-ring (bicyclic) bond motifs is 2. The molecule has 0 unspecified atom stereocenters. The molecule has 0 spiro atoms. The van der Waals surface area contributed by atoms with E-state index < -0.39 is 0 Å². The van der Waals surface area contributed by atoms with Gasteiger partial charge >= 0.3 is 0 Å². The Morgan fingerprint density at radius 2 is 1.52 bits per heavy atom. The van der Waals surface area contributed by atoms with Crippen LogP contribution >= 0.6 is 11.8 Å². The van der Waals surface area contributed by atoms with Crippen molar-refractivity contribution < 1.29 is 4.79 Å². The minimum atomic E-state index is -0.0578. The molecule has 0 fully saturated rings. The number of hydrogen-bond donors (Lipinski definition) is 1. The van der Waals surface area contributed by atoms with Crippen LogP contribution in [0.2, 0.25) is 0 Å². The number of hydrogen-bond acceptors (Lipinski definition) is 4. The van der Waals surface area contributed by atoms with Gasteiger partial charge in [0.15, 0.2) is 5.16 Å². The third kappa shape index (κ3) is 4.47. The highest BCUT2D eigenvalue weighted by Gasteiger charge is 2.15. The minimum absolute atomic E-state index is 0.0578. The van der Waals surface area contributed by atoms with E-state index in [9.17, 15) is 4.79 Å². The zero-order valence-electron chi connectivity index (χ0n) is 18.4. The monoisotopic (exact) mass is 452 g/mol. The molecule has 0 aliphatic rings. The standard InChI is InChI=1S/C27H24N4OS/c1-2-31-25(17-21-13-7-11-19-9-3-5-14-22(19)21)29-30-27(31)33-18-26(32)28-24-16-8-12-20-10-4-6-15-23(20)24/h3-16H,2,17-18H2,1H3,(H,28,32). The molecule has 164 valence electrons. The number of benzene rings is 4. The second kappa shape index (κ2) is 9.46. The first-order valence-electron chi connectivity index (χ1n) is 11.0. The van der Waals surface area contributed by atoms with E-state index in [1.54, 1.807) is 0 Å². The molecule has 33 heavy (non-hydrogen) atoms. The largest absolute Gasteiger partial charge is 0.325 e. The highest BCUT2D eigenvalue weighted by molar-refractivity contribution is 7.99. The molecule has 5 rings (SSSR count). The SMILES string of the molecule is CCn1c(Cc2cccc3ccccc23)nnc1SCC(=O)Nc1cccc2ccccc12. The number of carbonyl (C=O) groups is 1. The second-order valence-corrected chi connectivity index (χ2v) is 8.76. The lowest BCUT2D eigenvalue weighted by Crippen LogP contribution is -2.15. The van der Waals surface area contributed by atoms with Gasteiger partial charge in [-0.2, -0.15) is 0 Å². The summed E-state index contributed by atoms with van der Waals surface area (Å²) in [4.78, 5) is 12.7. The van der Waals surface area contributed by atoms with Gasteiger partial charge in [0, 0.05) is 24.0 Å². The van der Waals surface area contributed by atoms with Gasteiger partial charge in [-0.3, -0.25) is 4.79 Å². The van der Waals surface area contributed by atoms with Gasteiger partial charge < -0.3 is 9.88 Å². The molecule has 0 saturated heterocycles. The van der Waals surface area contributed by atoms with Crippen LogP contribution in [-0.2, 0) is 17.8 Å². The number of rotatable bonds is 7.